The van der Waals surface area contributed by atoms with Crippen molar-refractivity contribution >= 4 is 0 Å². The van der Waals surface area contributed by atoms with Gasteiger partial charge in [0.25, 0.3) is 0 Å². The highest BCUT2D eigenvalue weighted by Gasteiger charge is 2.42. The summed E-state index contributed by atoms with van der Waals surface area (Å²) in [6.45, 7) is 6.69. The van der Waals surface area contributed by atoms with Crippen molar-refractivity contribution in [1.82, 2.24) is 0 Å². The van der Waals surface area contributed by atoms with Crippen LogP contribution in [0.2, 0.25) is 0 Å². The zero-order valence-electron chi connectivity index (χ0n) is 17.8. The van der Waals surface area contributed by atoms with E-state index in [1.165, 1.54) is 64.2 Å². The van der Waals surface area contributed by atoms with Gasteiger partial charge in [0.05, 0.1) is 12.7 Å². The van der Waals surface area contributed by atoms with Gasteiger partial charge in [-0.2, -0.15) is 0 Å². The molecule has 5 nitrogen and oxygen atoms in total. The third kappa shape index (κ3) is 9.71. The van der Waals surface area contributed by atoms with Gasteiger partial charge in [0.1, 0.15) is 18.3 Å². The third-order valence-corrected chi connectivity index (χ3v) is 5.74. The molecule has 0 saturated carbocycles. The van der Waals surface area contributed by atoms with Crippen molar-refractivity contribution in [3.8, 4) is 0 Å². The van der Waals surface area contributed by atoms with Gasteiger partial charge in [0.2, 0.25) is 0 Å². The minimum absolute atomic E-state index is 0.461. The topological polar surface area (TPSA) is 79.2 Å². The van der Waals surface area contributed by atoms with Gasteiger partial charge in [0.15, 0.2) is 6.29 Å². The molecule has 0 aromatic carbocycles. The van der Waals surface area contributed by atoms with Gasteiger partial charge in [-0.3, -0.25) is 0 Å². The maximum atomic E-state index is 10.1. The molecule has 1 fully saturated rings. The van der Waals surface area contributed by atoms with Gasteiger partial charge < -0.3 is 24.8 Å². The first-order valence-electron chi connectivity index (χ1n) is 11.3. The van der Waals surface area contributed by atoms with Crippen LogP contribution in [-0.2, 0) is 9.47 Å². The molecule has 0 amide bonds. The largest absolute Gasteiger partial charge is 0.388 e. The molecule has 0 radical (unpaired) electrons. The van der Waals surface area contributed by atoms with Gasteiger partial charge >= 0.3 is 0 Å². The van der Waals surface area contributed by atoms with E-state index in [0.29, 0.717) is 12.5 Å². The van der Waals surface area contributed by atoms with Crippen LogP contribution in [0.3, 0.4) is 0 Å². The third-order valence-electron chi connectivity index (χ3n) is 5.74. The smallest absolute Gasteiger partial charge is 0.186 e. The molecule has 0 bridgehead atoms. The molecule has 1 saturated heterocycles. The Morgan fingerprint density at radius 3 is 1.85 bits per heavy atom. The van der Waals surface area contributed by atoms with Crippen LogP contribution in [-0.4, -0.2) is 52.6 Å². The SMILES string of the molecule is CCCCCCCCC(CCCCCC)COC1O[C@@H](C)[C@@H](O)[C@@H](O)[C@@H]1O. The second-order valence-corrected chi connectivity index (χ2v) is 8.29. The van der Waals surface area contributed by atoms with E-state index in [1.807, 2.05) is 0 Å². The number of aliphatic hydroxyl groups excluding tert-OH is 3. The first-order chi connectivity index (χ1) is 13.0. The van der Waals surface area contributed by atoms with Crippen molar-refractivity contribution in [2.24, 2.45) is 5.92 Å². The van der Waals surface area contributed by atoms with Crippen LogP contribution in [0.5, 0.6) is 0 Å². The van der Waals surface area contributed by atoms with Crippen LogP contribution in [0.25, 0.3) is 0 Å². The van der Waals surface area contributed by atoms with Gasteiger partial charge in [0, 0.05) is 0 Å². The summed E-state index contributed by atoms with van der Waals surface area (Å²) < 4.78 is 11.4. The summed E-state index contributed by atoms with van der Waals surface area (Å²) in [5.74, 6) is 0.461. The summed E-state index contributed by atoms with van der Waals surface area (Å²) in [6.07, 6.45) is 10.1. The van der Waals surface area contributed by atoms with Gasteiger partial charge in [-0.1, -0.05) is 78.1 Å². The van der Waals surface area contributed by atoms with Crippen molar-refractivity contribution in [2.45, 2.75) is 129 Å². The number of unbranched alkanes of at least 4 members (excludes halogenated alkanes) is 8. The first kappa shape index (κ1) is 24.8. The lowest BCUT2D eigenvalue weighted by molar-refractivity contribution is -0.295. The van der Waals surface area contributed by atoms with Crippen molar-refractivity contribution in [3.05, 3.63) is 0 Å². The monoisotopic (exact) mass is 388 g/mol. The lowest BCUT2D eigenvalue weighted by atomic mass is 9.94. The van der Waals surface area contributed by atoms with Crippen molar-refractivity contribution in [3.63, 3.8) is 0 Å². The Hall–Kier alpha value is -0.200. The minimum Gasteiger partial charge on any atom is -0.388 e. The minimum atomic E-state index is -1.22. The van der Waals surface area contributed by atoms with E-state index in [0.717, 1.165) is 12.8 Å². The van der Waals surface area contributed by atoms with Crippen molar-refractivity contribution < 1.29 is 24.8 Å². The van der Waals surface area contributed by atoms with Gasteiger partial charge in [-0.05, 0) is 25.7 Å². The van der Waals surface area contributed by atoms with E-state index in [1.54, 1.807) is 6.92 Å². The molecule has 0 spiro atoms. The summed E-state index contributed by atoms with van der Waals surface area (Å²) in [4.78, 5) is 0. The molecule has 5 heteroatoms. The maximum absolute atomic E-state index is 10.1. The highest BCUT2D eigenvalue weighted by Crippen LogP contribution is 2.25. The Kier molecular flexibility index (Phi) is 13.6. The summed E-state index contributed by atoms with van der Waals surface area (Å²) in [7, 11) is 0. The Labute approximate surface area is 166 Å². The van der Waals surface area contributed by atoms with Gasteiger partial charge in [-0.15, -0.1) is 0 Å². The van der Waals surface area contributed by atoms with Crippen LogP contribution in [0.15, 0.2) is 0 Å². The average molecular weight is 389 g/mol. The van der Waals surface area contributed by atoms with Crippen LogP contribution >= 0.6 is 0 Å². The van der Waals surface area contributed by atoms with Crippen LogP contribution < -0.4 is 0 Å². The number of rotatable bonds is 15. The summed E-state index contributed by atoms with van der Waals surface area (Å²) >= 11 is 0. The van der Waals surface area contributed by atoms with E-state index in [-0.39, 0.29) is 0 Å². The molecular formula is C22H44O5. The number of aliphatic hydroxyl groups is 3. The summed E-state index contributed by atoms with van der Waals surface area (Å²) in [5, 5.41) is 29.9. The van der Waals surface area contributed by atoms with Gasteiger partial charge in [-0.25, -0.2) is 0 Å². The molecule has 1 rings (SSSR count). The zero-order valence-corrected chi connectivity index (χ0v) is 17.8. The Morgan fingerprint density at radius 1 is 0.741 bits per heavy atom. The molecule has 1 heterocycles. The molecule has 2 unspecified atom stereocenters. The van der Waals surface area contributed by atoms with E-state index >= 15 is 0 Å². The molecule has 27 heavy (non-hydrogen) atoms. The molecular weight excluding hydrogens is 344 g/mol. The fourth-order valence-corrected chi connectivity index (χ4v) is 3.77. The normalized spacial score (nSPS) is 29.8. The predicted molar refractivity (Wildman–Crippen MR) is 109 cm³/mol. The zero-order chi connectivity index (χ0) is 20.1. The maximum Gasteiger partial charge on any atom is 0.186 e. The number of hydrogen-bond acceptors (Lipinski definition) is 5. The molecule has 0 aliphatic carbocycles. The standard InChI is InChI=1S/C22H44O5/c1-4-6-8-10-11-13-15-18(14-12-9-7-5-2)16-26-22-21(25)20(24)19(23)17(3)27-22/h17-25H,4-16H2,1-3H3/t17-,18?,19+,20+,21-,22?/m0/s1. The highest BCUT2D eigenvalue weighted by atomic mass is 16.7. The Morgan fingerprint density at radius 2 is 1.26 bits per heavy atom. The molecule has 3 N–H and O–H groups in total. The van der Waals surface area contributed by atoms with Crippen LogP contribution in [0, 0.1) is 5.92 Å². The first-order valence-corrected chi connectivity index (χ1v) is 11.3. The lowest BCUT2D eigenvalue weighted by Gasteiger charge is -2.39. The quantitative estimate of drug-likeness (QED) is 0.367. The molecule has 6 atom stereocenters. The van der Waals surface area contributed by atoms with Crippen LogP contribution in [0.1, 0.15) is 97.8 Å². The fraction of sp³-hybridized carbons (Fsp3) is 1.00. The molecule has 162 valence electrons. The second-order valence-electron chi connectivity index (χ2n) is 8.29. The number of ether oxygens (including phenoxy) is 2. The summed E-state index contributed by atoms with van der Waals surface area (Å²) in [5.41, 5.74) is 0. The molecule has 0 aromatic heterocycles. The fourth-order valence-electron chi connectivity index (χ4n) is 3.77. The van der Waals surface area contributed by atoms with E-state index in [4.69, 9.17) is 9.47 Å². The number of hydrogen-bond donors (Lipinski definition) is 3. The second kappa shape index (κ2) is 14.7. The Bertz CT molecular complexity index is 352. The van der Waals surface area contributed by atoms with E-state index < -0.39 is 30.7 Å². The molecule has 1 aliphatic rings. The van der Waals surface area contributed by atoms with E-state index in [2.05, 4.69) is 13.8 Å². The van der Waals surface area contributed by atoms with Crippen molar-refractivity contribution in [2.75, 3.05) is 6.61 Å². The Balaban J connectivity index is 2.39. The average Bonchev–Trinajstić information content (AvgIpc) is 2.67. The summed E-state index contributed by atoms with van der Waals surface area (Å²) in [6, 6.07) is 0. The molecule has 0 aromatic rings. The van der Waals surface area contributed by atoms with E-state index in [9.17, 15) is 15.3 Å². The van der Waals surface area contributed by atoms with Crippen molar-refractivity contribution in [1.29, 1.82) is 0 Å². The molecule has 1 aliphatic heterocycles. The lowest BCUT2D eigenvalue weighted by Crippen LogP contribution is -2.57. The highest BCUT2D eigenvalue weighted by molar-refractivity contribution is 4.87. The van der Waals surface area contributed by atoms with Crippen LogP contribution in [0.4, 0.5) is 0 Å². The predicted octanol–water partition coefficient (Wildman–Crippen LogP) is 4.17.